The van der Waals surface area contributed by atoms with Crippen LogP contribution in [0.4, 0.5) is 10.1 Å². The van der Waals surface area contributed by atoms with Crippen molar-refractivity contribution < 1.29 is 18.8 Å². The smallest absolute Gasteiger partial charge is 0.276 e. The van der Waals surface area contributed by atoms with Gasteiger partial charge in [0.25, 0.3) is 11.8 Å². The quantitative estimate of drug-likeness (QED) is 0.713. The average molecular weight is 442 g/mol. The van der Waals surface area contributed by atoms with Crippen LogP contribution in [0.15, 0.2) is 30.3 Å². The molecule has 8 nitrogen and oxygen atoms in total. The molecule has 2 N–H and O–H groups in total. The molecule has 1 aliphatic heterocycles. The van der Waals surface area contributed by atoms with Crippen LogP contribution < -0.4 is 10.6 Å². The van der Waals surface area contributed by atoms with Crippen LogP contribution in [0, 0.1) is 5.82 Å². The molecule has 4 rings (SSSR count). The van der Waals surface area contributed by atoms with Crippen LogP contribution in [0.25, 0.3) is 0 Å². The van der Waals surface area contributed by atoms with E-state index in [9.17, 15) is 18.8 Å². The van der Waals surface area contributed by atoms with Gasteiger partial charge in [-0.3, -0.25) is 19.1 Å². The van der Waals surface area contributed by atoms with Crippen molar-refractivity contribution in [3.8, 4) is 0 Å². The molecule has 170 valence electrons. The van der Waals surface area contributed by atoms with Crippen molar-refractivity contribution in [3.63, 3.8) is 0 Å². The van der Waals surface area contributed by atoms with Gasteiger partial charge in [-0.05, 0) is 38.0 Å². The topological polar surface area (TPSA) is 96.3 Å². The van der Waals surface area contributed by atoms with Crippen molar-refractivity contribution >= 4 is 23.4 Å². The summed E-state index contributed by atoms with van der Waals surface area (Å²) < 4.78 is 14.8. The second-order valence-corrected chi connectivity index (χ2v) is 8.84. The summed E-state index contributed by atoms with van der Waals surface area (Å²) in [5.74, 6) is -1.63. The number of hydrogen-bond acceptors (Lipinski definition) is 4. The number of rotatable bonds is 4. The maximum atomic E-state index is 13.4. The zero-order valence-electron chi connectivity index (χ0n) is 18.4. The van der Waals surface area contributed by atoms with Gasteiger partial charge in [-0.25, -0.2) is 4.39 Å². The predicted octanol–water partition coefficient (Wildman–Crippen LogP) is 2.96. The van der Waals surface area contributed by atoms with E-state index in [1.165, 1.54) is 46.7 Å². The largest absolute Gasteiger partial charge is 0.351 e. The molecule has 32 heavy (non-hydrogen) atoms. The van der Waals surface area contributed by atoms with E-state index in [1.807, 2.05) is 0 Å². The summed E-state index contributed by atoms with van der Waals surface area (Å²) in [4.78, 5) is 40.3. The number of aromatic nitrogens is 2. The first-order valence-electron chi connectivity index (χ1n) is 11.0. The molecule has 3 amide bonds. The Morgan fingerprint density at radius 1 is 1.16 bits per heavy atom. The Balaban J connectivity index is 1.52. The molecule has 0 unspecified atom stereocenters. The number of carbonyl (C=O) groups excluding carboxylic acids is 3. The van der Waals surface area contributed by atoms with Crippen LogP contribution in [0.1, 0.15) is 66.4 Å². The van der Waals surface area contributed by atoms with Crippen molar-refractivity contribution in [2.75, 3.05) is 12.4 Å². The van der Waals surface area contributed by atoms with Gasteiger partial charge in [0.1, 0.15) is 17.1 Å². The fourth-order valence-electron chi connectivity index (χ4n) is 4.36. The molecule has 0 spiro atoms. The van der Waals surface area contributed by atoms with E-state index >= 15 is 0 Å². The predicted molar refractivity (Wildman–Crippen MR) is 117 cm³/mol. The molecule has 2 aromatic rings. The lowest BCUT2D eigenvalue weighted by Gasteiger charge is -2.41. The van der Waals surface area contributed by atoms with Crippen LogP contribution >= 0.6 is 0 Å². The Hall–Kier alpha value is -3.23. The third kappa shape index (κ3) is 4.24. The number of benzene rings is 1. The Kier molecular flexibility index (Phi) is 5.99. The van der Waals surface area contributed by atoms with Crippen molar-refractivity contribution in [2.24, 2.45) is 0 Å². The molecular formula is C23H28FN5O3. The van der Waals surface area contributed by atoms with E-state index in [0.717, 1.165) is 25.7 Å². The monoisotopic (exact) mass is 441 g/mol. The Morgan fingerprint density at radius 2 is 1.88 bits per heavy atom. The molecular weight excluding hydrogens is 413 g/mol. The molecule has 1 fully saturated rings. The molecule has 1 aromatic heterocycles. The Labute approximate surface area is 186 Å². The fraction of sp³-hybridized carbons (Fsp3) is 0.478. The highest BCUT2D eigenvalue weighted by atomic mass is 19.1. The first-order valence-corrected chi connectivity index (χ1v) is 11.0. The van der Waals surface area contributed by atoms with Crippen LogP contribution in [0.2, 0.25) is 0 Å². The van der Waals surface area contributed by atoms with Crippen molar-refractivity contribution in [1.29, 1.82) is 0 Å². The number of hydrogen-bond donors (Lipinski definition) is 2. The zero-order valence-corrected chi connectivity index (χ0v) is 18.4. The van der Waals surface area contributed by atoms with Crippen molar-refractivity contribution in [1.82, 2.24) is 20.0 Å². The van der Waals surface area contributed by atoms with Crippen molar-refractivity contribution in [2.45, 2.75) is 63.6 Å². The lowest BCUT2D eigenvalue weighted by molar-refractivity contribution is -0.133. The third-order valence-corrected chi connectivity index (χ3v) is 6.50. The molecule has 1 atom stereocenters. The van der Waals surface area contributed by atoms with Gasteiger partial charge < -0.3 is 15.5 Å². The van der Waals surface area contributed by atoms with E-state index in [4.69, 9.17) is 0 Å². The number of carbonyl (C=O) groups is 3. The highest BCUT2D eigenvalue weighted by Crippen LogP contribution is 2.27. The minimum absolute atomic E-state index is 0.0273. The number of anilines is 1. The highest BCUT2D eigenvalue weighted by molar-refractivity contribution is 6.05. The molecule has 1 saturated carbocycles. The zero-order chi connectivity index (χ0) is 22.9. The van der Waals surface area contributed by atoms with Gasteiger partial charge in [0.2, 0.25) is 5.91 Å². The third-order valence-electron chi connectivity index (χ3n) is 6.50. The van der Waals surface area contributed by atoms with Gasteiger partial charge in [0.05, 0.1) is 6.54 Å². The normalized spacial score (nSPS) is 21.6. The molecule has 0 saturated heterocycles. The van der Waals surface area contributed by atoms with Crippen LogP contribution in [0.3, 0.4) is 0 Å². The summed E-state index contributed by atoms with van der Waals surface area (Å²) in [5.41, 5.74) is -0.577. The maximum absolute atomic E-state index is 13.4. The number of nitrogens with one attached hydrogen (secondary N) is 2. The van der Waals surface area contributed by atoms with E-state index in [-0.39, 0.29) is 41.5 Å². The number of likely N-dealkylation sites (N-methyl/N-ethyl adjacent to an activating group) is 1. The van der Waals surface area contributed by atoms with Gasteiger partial charge in [-0.1, -0.05) is 31.7 Å². The molecule has 1 aromatic carbocycles. The van der Waals surface area contributed by atoms with Gasteiger partial charge in [-0.15, -0.1) is 0 Å². The van der Waals surface area contributed by atoms with E-state index in [1.54, 1.807) is 20.0 Å². The number of nitrogens with zero attached hydrogens (tertiary/aromatic N) is 3. The molecule has 0 radical (unpaired) electrons. The summed E-state index contributed by atoms with van der Waals surface area (Å²) in [6, 6.07) is 7.03. The van der Waals surface area contributed by atoms with E-state index in [2.05, 4.69) is 15.7 Å². The van der Waals surface area contributed by atoms with Gasteiger partial charge >= 0.3 is 0 Å². The summed E-state index contributed by atoms with van der Waals surface area (Å²) in [7, 11) is 1.60. The first kappa shape index (κ1) is 22.0. The average Bonchev–Trinajstić information content (AvgIpc) is 3.01. The molecule has 0 bridgehead atoms. The SMILES string of the molecule is CN1C(=O)c2cc(C(=O)Nc3cccc(F)c3)nn2C[C@]1(C)C(=O)NC1CCCCCC1. The molecule has 1 aliphatic carbocycles. The molecule has 2 heterocycles. The molecule has 2 aliphatic rings. The highest BCUT2D eigenvalue weighted by Gasteiger charge is 2.46. The van der Waals surface area contributed by atoms with E-state index < -0.39 is 17.3 Å². The molecule has 9 heteroatoms. The second-order valence-electron chi connectivity index (χ2n) is 8.84. The number of amides is 3. The standard InChI is InChI=1S/C23H28FN5O3/c1-23(22(32)26-16-9-5-3-4-6-10-16)14-29-19(21(31)28(23)2)13-18(27-29)20(30)25-17-11-7-8-15(24)12-17/h7-8,11-13,16H,3-6,9-10,14H2,1-2H3,(H,25,30)(H,26,32)/t23-/m1/s1. The second kappa shape index (κ2) is 8.72. The minimum atomic E-state index is -1.13. The van der Waals surface area contributed by atoms with E-state index in [0.29, 0.717) is 0 Å². The maximum Gasteiger partial charge on any atom is 0.276 e. The lowest BCUT2D eigenvalue weighted by atomic mass is 9.95. The summed E-state index contributed by atoms with van der Waals surface area (Å²) in [6.07, 6.45) is 6.42. The van der Waals surface area contributed by atoms with Gasteiger partial charge in [0, 0.05) is 24.8 Å². The summed E-state index contributed by atoms with van der Waals surface area (Å²) in [5, 5.41) is 9.99. The van der Waals surface area contributed by atoms with Crippen molar-refractivity contribution in [3.05, 3.63) is 47.5 Å². The summed E-state index contributed by atoms with van der Waals surface area (Å²) in [6.45, 7) is 1.85. The minimum Gasteiger partial charge on any atom is -0.351 e. The summed E-state index contributed by atoms with van der Waals surface area (Å²) >= 11 is 0. The van der Waals surface area contributed by atoms with Crippen LogP contribution in [-0.2, 0) is 11.3 Å². The van der Waals surface area contributed by atoms with Gasteiger partial charge in [-0.2, -0.15) is 5.10 Å². The fourth-order valence-corrected chi connectivity index (χ4v) is 4.36. The Bertz CT molecular complexity index is 1040. The first-order chi connectivity index (χ1) is 15.3. The van der Waals surface area contributed by atoms with Crippen LogP contribution in [0.5, 0.6) is 0 Å². The van der Waals surface area contributed by atoms with Crippen LogP contribution in [-0.4, -0.2) is 51.0 Å². The van der Waals surface area contributed by atoms with Gasteiger partial charge in [0.15, 0.2) is 5.69 Å². The lowest BCUT2D eigenvalue weighted by Crippen LogP contribution is -2.63. The number of fused-ring (bicyclic) bond motifs is 1. The Morgan fingerprint density at radius 3 is 2.56 bits per heavy atom. The number of halogens is 1.